The van der Waals surface area contributed by atoms with Gasteiger partial charge >= 0.3 is 0 Å². The molecular weight excluding hydrogens is 320 g/mol. The predicted molar refractivity (Wildman–Crippen MR) is 93.9 cm³/mol. The van der Waals surface area contributed by atoms with Gasteiger partial charge in [0.15, 0.2) is 11.5 Å². The number of nitrogens with zero attached hydrogens (tertiary/aromatic N) is 2. The second-order valence-electron chi connectivity index (χ2n) is 5.74. The summed E-state index contributed by atoms with van der Waals surface area (Å²) in [6.07, 6.45) is 0. The van der Waals surface area contributed by atoms with Gasteiger partial charge in [0, 0.05) is 18.7 Å². The van der Waals surface area contributed by atoms with Crippen molar-refractivity contribution in [3.63, 3.8) is 0 Å². The minimum absolute atomic E-state index is 0.159. The Labute approximate surface area is 147 Å². The van der Waals surface area contributed by atoms with Crippen molar-refractivity contribution >= 4 is 5.91 Å². The minimum Gasteiger partial charge on any atom is -0.490 e. The van der Waals surface area contributed by atoms with E-state index >= 15 is 0 Å². The van der Waals surface area contributed by atoms with Crippen LogP contribution in [0.4, 0.5) is 0 Å². The van der Waals surface area contributed by atoms with Crippen LogP contribution in [0.3, 0.4) is 0 Å². The molecule has 0 saturated heterocycles. The molecule has 7 heteroatoms. The van der Waals surface area contributed by atoms with E-state index in [0.717, 1.165) is 31.0 Å². The molecule has 1 aliphatic heterocycles. The first-order valence-corrected chi connectivity index (χ1v) is 8.65. The number of benzene rings is 1. The maximum Gasteiger partial charge on any atom is 0.251 e. The maximum absolute atomic E-state index is 12.4. The number of hydrogen-bond donors (Lipinski definition) is 2. The summed E-state index contributed by atoms with van der Waals surface area (Å²) in [6.45, 7) is 7.87. The van der Waals surface area contributed by atoms with Crippen LogP contribution in [-0.4, -0.2) is 35.4 Å². The lowest BCUT2D eigenvalue weighted by molar-refractivity contribution is 0.0950. The fourth-order valence-corrected chi connectivity index (χ4v) is 2.80. The van der Waals surface area contributed by atoms with Gasteiger partial charge in [-0.15, -0.1) is 0 Å². The van der Waals surface area contributed by atoms with E-state index in [9.17, 15) is 4.79 Å². The van der Waals surface area contributed by atoms with Crippen molar-refractivity contribution in [2.45, 2.75) is 33.5 Å². The quantitative estimate of drug-likeness (QED) is 0.800. The van der Waals surface area contributed by atoms with Gasteiger partial charge in [0.1, 0.15) is 0 Å². The molecule has 1 aromatic heterocycles. The fourth-order valence-electron chi connectivity index (χ4n) is 2.80. The fraction of sp³-hybridized carbons (Fsp3) is 0.444. The van der Waals surface area contributed by atoms with Crippen LogP contribution in [0.2, 0.25) is 0 Å². The number of ether oxygens (including phenoxy) is 2. The summed E-state index contributed by atoms with van der Waals surface area (Å²) in [7, 11) is 0. The molecule has 7 nitrogen and oxygen atoms in total. The molecule has 3 rings (SSSR count). The van der Waals surface area contributed by atoms with Crippen LogP contribution in [0.5, 0.6) is 11.5 Å². The van der Waals surface area contributed by atoms with E-state index in [4.69, 9.17) is 9.47 Å². The van der Waals surface area contributed by atoms with Crippen molar-refractivity contribution in [3.8, 4) is 11.5 Å². The topological polar surface area (TPSA) is 77.4 Å². The van der Waals surface area contributed by atoms with E-state index in [1.807, 2.05) is 24.6 Å². The number of aromatic nitrogens is 2. The van der Waals surface area contributed by atoms with E-state index in [0.29, 0.717) is 36.8 Å². The molecular formula is C18H24N4O3. The Hall–Kier alpha value is -2.54. The predicted octanol–water partition coefficient (Wildman–Crippen LogP) is 1.71. The van der Waals surface area contributed by atoms with Gasteiger partial charge in [0.2, 0.25) is 0 Å². The summed E-state index contributed by atoms with van der Waals surface area (Å²) in [5.74, 6) is 1.07. The van der Waals surface area contributed by atoms with Crippen molar-refractivity contribution in [3.05, 3.63) is 41.2 Å². The normalized spacial score (nSPS) is 13.2. The van der Waals surface area contributed by atoms with Crippen molar-refractivity contribution in [2.24, 2.45) is 0 Å². The summed E-state index contributed by atoms with van der Waals surface area (Å²) in [5, 5.41) is 10.7. The molecule has 0 aliphatic carbocycles. The zero-order valence-corrected chi connectivity index (χ0v) is 14.7. The number of amides is 1. The Morgan fingerprint density at radius 1 is 1.24 bits per heavy atom. The third-order valence-corrected chi connectivity index (χ3v) is 3.96. The van der Waals surface area contributed by atoms with Crippen LogP contribution in [0.25, 0.3) is 0 Å². The van der Waals surface area contributed by atoms with Gasteiger partial charge in [-0.3, -0.25) is 9.48 Å². The standard InChI is InChI=1S/C18H24N4O3/c1-3-24-16-6-5-13(9-17(16)25-4-2)18(23)20-11-14-10-15-12-19-7-8-22(15)21-14/h5-6,9-10,19H,3-4,7-8,11-12H2,1-2H3,(H,20,23). The smallest absolute Gasteiger partial charge is 0.251 e. The van der Waals surface area contributed by atoms with Crippen LogP contribution in [-0.2, 0) is 19.6 Å². The highest BCUT2D eigenvalue weighted by atomic mass is 16.5. The monoisotopic (exact) mass is 344 g/mol. The van der Waals surface area contributed by atoms with Crippen LogP contribution >= 0.6 is 0 Å². The summed E-state index contributed by atoms with van der Waals surface area (Å²) in [6, 6.07) is 7.25. The van der Waals surface area contributed by atoms with Gasteiger partial charge in [0.25, 0.3) is 5.91 Å². The molecule has 0 atom stereocenters. The van der Waals surface area contributed by atoms with Crippen LogP contribution in [0.1, 0.15) is 35.6 Å². The number of rotatable bonds is 7. The first kappa shape index (κ1) is 17.3. The van der Waals surface area contributed by atoms with Gasteiger partial charge in [0.05, 0.1) is 37.7 Å². The van der Waals surface area contributed by atoms with Crippen LogP contribution < -0.4 is 20.1 Å². The number of nitrogens with one attached hydrogen (secondary N) is 2. The molecule has 1 aliphatic rings. The molecule has 2 aromatic rings. The molecule has 0 fully saturated rings. The van der Waals surface area contributed by atoms with Gasteiger partial charge in [-0.2, -0.15) is 5.10 Å². The Bertz CT molecular complexity index is 718. The Kier molecular flexibility index (Phi) is 5.55. The molecule has 2 heterocycles. The summed E-state index contributed by atoms with van der Waals surface area (Å²) in [5.41, 5.74) is 2.55. The minimum atomic E-state index is -0.159. The number of carbonyl (C=O) groups is 1. The number of fused-ring (bicyclic) bond motifs is 1. The zero-order chi connectivity index (χ0) is 17.6. The molecule has 0 bridgehead atoms. The lowest BCUT2D eigenvalue weighted by Gasteiger charge is -2.13. The Balaban J connectivity index is 1.66. The van der Waals surface area contributed by atoms with Crippen molar-refractivity contribution in [1.29, 1.82) is 0 Å². The average Bonchev–Trinajstić information content (AvgIpc) is 3.04. The molecule has 0 unspecified atom stereocenters. The zero-order valence-electron chi connectivity index (χ0n) is 14.7. The SMILES string of the molecule is CCOc1ccc(C(=O)NCc2cc3n(n2)CCNC3)cc1OCC. The van der Waals surface area contributed by atoms with Gasteiger partial charge in [-0.05, 0) is 38.1 Å². The summed E-state index contributed by atoms with van der Waals surface area (Å²) < 4.78 is 13.1. The highest BCUT2D eigenvalue weighted by Crippen LogP contribution is 2.28. The maximum atomic E-state index is 12.4. The van der Waals surface area contributed by atoms with E-state index < -0.39 is 0 Å². The second kappa shape index (κ2) is 8.02. The largest absolute Gasteiger partial charge is 0.490 e. The number of carbonyl (C=O) groups excluding carboxylic acids is 1. The first-order valence-electron chi connectivity index (χ1n) is 8.65. The van der Waals surface area contributed by atoms with Gasteiger partial charge in [-0.25, -0.2) is 0 Å². The molecule has 1 aromatic carbocycles. The summed E-state index contributed by atoms with van der Waals surface area (Å²) >= 11 is 0. The highest BCUT2D eigenvalue weighted by molar-refractivity contribution is 5.94. The third kappa shape index (κ3) is 4.11. The van der Waals surface area contributed by atoms with E-state index in [1.165, 1.54) is 0 Å². The van der Waals surface area contributed by atoms with Crippen LogP contribution in [0, 0.1) is 0 Å². The van der Waals surface area contributed by atoms with Crippen molar-refractivity contribution in [2.75, 3.05) is 19.8 Å². The highest BCUT2D eigenvalue weighted by Gasteiger charge is 2.14. The molecule has 0 radical (unpaired) electrons. The lowest BCUT2D eigenvalue weighted by Crippen LogP contribution is -2.28. The van der Waals surface area contributed by atoms with Crippen molar-refractivity contribution < 1.29 is 14.3 Å². The number of hydrogen-bond acceptors (Lipinski definition) is 5. The molecule has 1 amide bonds. The Morgan fingerprint density at radius 3 is 2.80 bits per heavy atom. The molecule has 0 saturated carbocycles. The Morgan fingerprint density at radius 2 is 2.04 bits per heavy atom. The van der Waals surface area contributed by atoms with Gasteiger partial charge in [-0.1, -0.05) is 0 Å². The molecule has 2 N–H and O–H groups in total. The summed E-state index contributed by atoms with van der Waals surface area (Å²) in [4.78, 5) is 12.4. The van der Waals surface area contributed by atoms with Crippen molar-refractivity contribution in [1.82, 2.24) is 20.4 Å². The average molecular weight is 344 g/mol. The lowest BCUT2D eigenvalue weighted by atomic mass is 10.2. The first-order chi connectivity index (χ1) is 12.2. The van der Waals surface area contributed by atoms with Crippen LogP contribution in [0.15, 0.2) is 24.3 Å². The van der Waals surface area contributed by atoms with Gasteiger partial charge < -0.3 is 20.1 Å². The second-order valence-corrected chi connectivity index (χ2v) is 5.74. The van der Waals surface area contributed by atoms with E-state index in [1.54, 1.807) is 18.2 Å². The van der Waals surface area contributed by atoms with E-state index in [2.05, 4.69) is 15.7 Å². The van der Waals surface area contributed by atoms with E-state index in [-0.39, 0.29) is 5.91 Å². The molecule has 0 spiro atoms. The molecule has 25 heavy (non-hydrogen) atoms. The molecule has 134 valence electrons. The third-order valence-electron chi connectivity index (χ3n) is 3.96.